The second-order valence-corrected chi connectivity index (χ2v) is 6.29. The van der Waals surface area contributed by atoms with Gasteiger partial charge in [-0.05, 0) is 24.0 Å². The molecule has 1 aliphatic heterocycles. The maximum atomic E-state index is 12.5. The number of piperidine rings is 1. The zero-order valence-corrected chi connectivity index (χ0v) is 13.8. The van der Waals surface area contributed by atoms with Crippen LogP contribution < -0.4 is 5.73 Å². The molecule has 0 aliphatic carbocycles. The topological polar surface area (TPSA) is 55.6 Å². The number of rotatable bonds is 5. The van der Waals surface area contributed by atoms with E-state index in [1.807, 2.05) is 48.5 Å². The molecule has 3 rings (SSSR count). The van der Waals surface area contributed by atoms with E-state index in [-0.39, 0.29) is 18.1 Å². The third-order valence-electron chi connectivity index (χ3n) is 4.55. The van der Waals surface area contributed by atoms with Crippen LogP contribution in [0.3, 0.4) is 0 Å². The summed E-state index contributed by atoms with van der Waals surface area (Å²) in [7, 11) is 0. The van der Waals surface area contributed by atoms with Crippen molar-refractivity contribution in [1.82, 2.24) is 4.90 Å². The minimum Gasteiger partial charge on any atom is -0.461 e. The van der Waals surface area contributed by atoms with Crippen molar-refractivity contribution in [2.24, 2.45) is 11.7 Å². The molecule has 1 aliphatic rings. The van der Waals surface area contributed by atoms with Crippen LogP contribution in [0.1, 0.15) is 24.0 Å². The van der Waals surface area contributed by atoms with Gasteiger partial charge in [-0.2, -0.15) is 0 Å². The summed E-state index contributed by atoms with van der Waals surface area (Å²) >= 11 is 0. The van der Waals surface area contributed by atoms with Crippen LogP contribution in [0.2, 0.25) is 0 Å². The molecular weight excluding hydrogens is 300 g/mol. The lowest BCUT2D eigenvalue weighted by Gasteiger charge is -2.37. The van der Waals surface area contributed by atoms with Gasteiger partial charge in [0.15, 0.2) is 0 Å². The highest BCUT2D eigenvalue weighted by Crippen LogP contribution is 2.24. The third-order valence-corrected chi connectivity index (χ3v) is 4.55. The summed E-state index contributed by atoms with van der Waals surface area (Å²) in [5.41, 5.74) is 8.58. The van der Waals surface area contributed by atoms with E-state index in [1.54, 1.807) is 0 Å². The molecule has 0 radical (unpaired) electrons. The quantitative estimate of drug-likeness (QED) is 0.859. The molecule has 2 aromatic rings. The molecule has 4 nitrogen and oxygen atoms in total. The van der Waals surface area contributed by atoms with Gasteiger partial charge < -0.3 is 10.5 Å². The number of hydrogen-bond acceptors (Lipinski definition) is 4. The zero-order chi connectivity index (χ0) is 16.8. The minimum atomic E-state index is -0.290. The van der Waals surface area contributed by atoms with Crippen molar-refractivity contribution < 1.29 is 9.53 Å². The highest BCUT2D eigenvalue weighted by Gasteiger charge is 2.34. The van der Waals surface area contributed by atoms with Crippen molar-refractivity contribution >= 4 is 5.97 Å². The summed E-state index contributed by atoms with van der Waals surface area (Å²) in [6, 6.07) is 20.0. The average molecular weight is 324 g/mol. The lowest BCUT2D eigenvalue weighted by molar-refractivity contribution is -0.154. The summed E-state index contributed by atoms with van der Waals surface area (Å²) in [4.78, 5) is 14.6. The molecule has 1 saturated heterocycles. The number of carbonyl (C=O) groups excluding carboxylic acids is 1. The lowest BCUT2D eigenvalue weighted by Crippen LogP contribution is -2.53. The van der Waals surface area contributed by atoms with Crippen LogP contribution in [0.15, 0.2) is 60.7 Å². The van der Waals surface area contributed by atoms with Gasteiger partial charge in [0.05, 0.1) is 12.1 Å². The normalized spacial score (nSPS) is 21.4. The summed E-state index contributed by atoms with van der Waals surface area (Å²) in [6.07, 6.45) is 1.47. The molecule has 0 aromatic heterocycles. The maximum absolute atomic E-state index is 12.5. The third kappa shape index (κ3) is 4.22. The Morgan fingerprint density at radius 3 is 2.33 bits per heavy atom. The molecule has 0 spiro atoms. The van der Waals surface area contributed by atoms with Crippen molar-refractivity contribution in [3.8, 4) is 0 Å². The standard InChI is InChI=1S/C20H24N2O2/c21-19-18(20(23)24-15-17-10-5-2-6-11-17)12-7-13-22(19)14-16-8-3-1-4-9-16/h1-6,8-11,18-19H,7,12-15,21H2/t18-,19-/m0/s1. The second-order valence-electron chi connectivity index (χ2n) is 6.29. The number of hydrogen-bond donors (Lipinski definition) is 1. The zero-order valence-electron chi connectivity index (χ0n) is 13.8. The lowest BCUT2D eigenvalue weighted by atomic mass is 9.94. The maximum Gasteiger partial charge on any atom is 0.312 e. The molecule has 2 atom stereocenters. The number of benzene rings is 2. The van der Waals surface area contributed by atoms with Crippen LogP contribution >= 0.6 is 0 Å². The summed E-state index contributed by atoms with van der Waals surface area (Å²) in [5, 5.41) is 0. The first-order valence-electron chi connectivity index (χ1n) is 8.48. The Morgan fingerprint density at radius 2 is 1.67 bits per heavy atom. The van der Waals surface area contributed by atoms with E-state index in [9.17, 15) is 4.79 Å². The van der Waals surface area contributed by atoms with E-state index in [1.165, 1.54) is 5.56 Å². The fourth-order valence-corrected chi connectivity index (χ4v) is 3.18. The second kappa shape index (κ2) is 8.08. The number of likely N-dealkylation sites (tertiary alicyclic amines) is 1. The van der Waals surface area contributed by atoms with Crippen molar-refractivity contribution in [3.05, 3.63) is 71.8 Å². The van der Waals surface area contributed by atoms with Crippen LogP contribution in [-0.2, 0) is 22.7 Å². The molecule has 2 aromatic carbocycles. The van der Waals surface area contributed by atoms with Gasteiger partial charge in [0.25, 0.3) is 0 Å². The molecule has 1 fully saturated rings. The van der Waals surface area contributed by atoms with Gasteiger partial charge in [0, 0.05) is 13.1 Å². The molecule has 1 heterocycles. The van der Waals surface area contributed by atoms with Crippen molar-refractivity contribution in [2.75, 3.05) is 6.54 Å². The molecule has 24 heavy (non-hydrogen) atoms. The van der Waals surface area contributed by atoms with Crippen LogP contribution in [0.4, 0.5) is 0 Å². The Bertz CT molecular complexity index is 645. The van der Waals surface area contributed by atoms with Crippen LogP contribution in [0, 0.1) is 5.92 Å². The van der Waals surface area contributed by atoms with Crippen LogP contribution in [0.5, 0.6) is 0 Å². The van der Waals surface area contributed by atoms with Gasteiger partial charge in [-0.1, -0.05) is 60.7 Å². The molecule has 4 heteroatoms. The Hall–Kier alpha value is -2.17. The molecule has 2 N–H and O–H groups in total. The number of ether oxygens (including phenoxy) is 1. The van der Waals surface area contributed by atoms with Gasteiger partial charge >= 0.3 is 5.97 Å². The first-order chi connectivity index (χ1) is 11.7. The molecule has 0 saturated carbocycles. The van der Waals surface area contributed by atoms with E-state index in [2.05, 4.69) is 17.0 Å². The van der Waals surface area contributed by atoms with E-state index in [0.29, 0.717) is 6.61 Å². The smallest absolute Gasteiger partial charge is 0.312 e. The Kier molecular flexibility index (Phi) is 5.62. The number of nitrogens with two attached hydrogens (primary N) is 1. The average Bonchev–Trinajstić information content (AvgIpc) is 2.63. The van der Waals surface area contributed by atoms with E-state index >= 15 is 0 Å². The molecule has 0 bridgehead atoms. The first kappa shape index (κ1) is 16.7. The number of esters is 1. The van der Waals surface area contributed by atoms with Gasteiger partial charge in [-0.25, -0.2) is 0 Å². The predicted octanol–water partition coefficient (Wildman–Crippen LogP) is 2.93. The summed E-state index contributed by atoms with van der Waals surface area (Å²) < 4.78 is 5.49. The predicted molar refractivity (Wildman–Crippen MR) is 93.8 cm³/mol. The fraction of sp³-hybridized carbons (Fsp3) is 0.350. The number of nitrogens with zero attached hydrogens (tertiary/aromatic N) is 1. The van der Waals surface area contributed by atoms with E-state index in [0.717, 1.165) is 31.5 Å². The summed E-state index contributed by atoms with van der Waals surface area (Å²) in [6.45, 7) is 1.99. The van der Waals surface area contributed by atoms with E-state index in [4.69, 9.17) is 10.5 Å². The molecule has 0 unspecified atom stereocenters. The van der Waals surface area contributed by atoms with Gasteiger partial charge in [-0.15, -0.1) is 0 Å². The Labute approximate surface area is 143 Å². The Balaban J connectivity index is 1.57. The number of carbonyl (C=O) groups is 1. The molecular formula is C20H24N2O2. The van der Waals surface area contributed by atoms with Crippen molar-refractivity contribution in [1.29, 1.82) is 0 Å². The highest BCUT2D eigenvalue weighted by molar-refractivity contribution is 5.73. The minimum absolute atomic E-state index is 0.191. The largest absolute Gasteiger partial charge is 0.461 e. The Morgan fingerprint density at radius 1 is 1.04 bits per heavy atom. The van der Waals surface area contributed by atoms with Gasteiger partial charge in [0.1, 0.15) is 6.61 Å². The first-order valence-corrected chi connectivity index (χ1v) is 8.48. The fourth-order valence-electron chi connectivity index (χ4n) is 3.18. The van der Waals surface area contributed by atoms with Gasteiger partial charge in [-0.3, -0.25) is 9.69 Å². The monoisotopic (exact) mass is 324 g/mol. The van der Waals surface area contributed by atoms with Crippen LogP contribution in [0.25, 0.3) is 0 Å². The van der Waals surface area contributed by atoms with Crippen molar-refractivity contribution in [3.63, 3.8) is 0 Å². The van der Waals surface area contributed by atoms with E-state index < -0.39 is 0 Å². The molecule has 126 valence electrons. The highest BCUT2D eigenvalue weighted by atomic mass is 16.5. The van der Waals surface area contributed by atoms with Crippen LogP contribution in [-0.4, -0.2) is 23.6 Å². The summed E-state index contributed by atoms with van der Waals surface area (Å²) in [5.74, 6) is -0.449. The van der Waals surface area contributed by atoms with Gasteiger partial charge in [0.2, 0.25) is 0 Å². The molecule has 0 amide bonds. The van der Waals surface area contributed by atoms with Crippen molar-refractivity contribution in [2.45, 2.75) is 32.2 Å². The SMILES string of the molecule is N[C@@H]1[C@@H](C(=O)OCc2ccccc2)CCCN1Cc1ccccc1.